The van der Waals surface area contributed by atoms with Crippen LogP contribution in [0.5, 0.6) is 0 Å². The molecule has 148 valence electrons. The van der Waals surface area contributed by atoms with Crippen molar-refractivity contribution in [3.8, 4) is 11.3 Å². The van der Waals surface area contributed by atoms with Crippen molar-refractivity contribution in [3.05, 3.63) is 87.1 Å². The fourth-order valence-corrected chi connectivity index (χ4v) is 3.27. The molecule has 0 radical (unpaired) electrons. The minimum absolute atomic E-state index is 0.0127. The molecule has 0 aliphatic carbocycles. The Bertz CT molecular complexity index is 1020. The van der Waals surface area contributed by atoms with Crippen LogP contribution in [0.2, 0.25) is 5.02 Å². The van der Waals surface area contributed by atoms with Crippen molar-refractivity contribution in [1.82, 2.24) is 5.43 Å². The second kappa shape index (κ2) is 9.90. The number of carbonyl (C=O) groups is 1. The van der Waals surface area contributed by atoms with E-state index >= 15 is 0 Å². The Balaban J connectivity index is 1.46. The second-order valence-corrected chi connectivity index (χ2v) is 7.34. The lowest BCUT2D eigenvalue weighted by Crippen LogP contribution is -2.19. The van der Waals surface area contributed by atoms with Crippen LogP contribution >= 0.6 is 23.4 Å². The molecule has 29 heavy (non-hydrogen) atoms. The number of rotatable bonds is 8. The van der Waals surface area contributed by atoms with Gasteiger partial charge in [0.05, 0.1) is 16.9 Å². The van der Waals surface area contributed by atoms with E-state index in [0.717, 1.165) is 5.56 Å². The van der Waals surface area contributed by atoms with Crippen molar-refractivity contribution < 1.29 is 14.1 Å². The predicted molar refractivity (Wildman–Crippen MR) is 114 cm³/mol. The van der Waals surface area contributed by atoms with Gasteiger partial charge in [-0.3, -0.25) is 14.9 Å². The highest BCUT2D eigenvalue weighted by Gasteiger charge is 2.08. The summed E-state index contributed by atoms with van der Waals surface area (Å²) in [6.07, 6.45) is 1.40. The third-order valence-corrected chi connectivity index (χ3v) is 5.04. The molecule has 0 saturated heterocycles. The molecule has 9 heteroatoms. The average Bonchev–Trinajstić information content (AvgIpc) is 3.18. The first-order chi connectivity index (χ1) is 14.0. The number of thioether (sulfide) groups is 1. The zero-order valence-electron chi connectivity index (χ0n) is 15.1. The average molecular weight is 430 g/mol. The minimum Gasteiger partial charge on any atom is -0.455 e. The minimum atomic E-state index is -0.458. The zero-order chi connectivity index (χ0) is 20.6. The summed E-state index contributed by atoms with van der Waals surface area (Å²) in [5, 5.41) is 15.3. The van der Waals surface area contributed by atoms with Crippen LogP contribution in [0.3, 0.4) is 0 Å². The van der Waals surface area contributed by atoms with Crippen LogP contribution in [-0.2, 0) is 10.5 Å². The standard InChI is InChI=1S/C20H16ClN3O4S/c21-16-5-1-14(2-6-16)12-29-13-20(25)23-22-11-18-9-10-19(28-18)15-3-7-17(8-4-15)24(26)27/h1-11H,12-13H2,(H,23,25)/b22-11-. The molecule has 3 rings (SSSR count). The topological polar surface area (TPSA) is 97.7 Å². The van der Waals surface area contributed by atoms with Gasteiger partial charge in [-0.15, -0.1) is 11.8 Å². The molecule has 0 unspecified atom stereocenters. The third kappa shape index (κ3) is 6.20. The summed E-state index contributed by atoms with van der Waals surface area (Å²) >= 11 is 7.31. The number of halogens is 1. The largest absolute Gasteiger partial charge is 0.455 e. The summed E-state index contributed by atoms with van der Waals surface area (Å²) in [6, 6.07) is 16.9. The number of hydrogen-bond acceptors (Lipinski definition) is 6. The maximum atomic E-state index is 11.8. The first kappa shape index (κ1) is 20.6. The Morgan fingerprint density at radius 1 is 1.14 bits per heavy atom. The Morgan fingerprint density at radius 2 is 1.86 bits per heavy atom. The Kier molecular flexibility index (Phi) is 7.04. The van der Waals surface area contributed by atoms with Crippen LogP contribution in [0.15, 0.2) is 70.2 Å². The van der Waals surface area contributed by atoms with Gasteiger partial charge in [0.25, 0.3) is 5.69 Å². The molecule has 1 heterocycles. The van der Waals surface area contributed by atoms with Crippen LogP contribution in [0.25, 0.3) is 11.3 Å². The lowest BCUT2D eigenvalue weighted by atomic mass is 10.1. The lowest BCUT2D eigenvalue weighted by Gasteiger charge is -2.01. The number of benzene rings is 2. The number of non-ortho nitro benzene ring substituents is 1. The van der Waals surface area contributed by atoms with Gasteiger partial charge in [0.1, 0.15) is 11.5 Å². The molecule has 1 N–H and O–H groups in total. The SMILES string of the molecule is O=C(CSCc1ccc(Cl)cc1)N/N=C\c1ccc(-c2ccc([N+](=O)[O-])cc2)o1. The maximum absolute atomic E-state index is 11.8. The van der Waals surface area contributed by atoms with Gasteiger partial charge < -0.3 is 4.42 Å². The van der Waals surface area contributed by atoms with Crippen LogP contribution in [0.4, 0.5) is 5.69 Å². The van der Waals surface area contributed by atoms with Crippen LogP contribution in [0, 0.1) is 10.1 Å². The molecular formula is C20H16ClN3O4S. The van der Waals surface area contributed by atoms with Gasteiger partial charge in [0.2, 0.25) is 5.91 Å². The van der Waals surface area contributed by atoms with Crippen molar-refractivity contribution in [2.45, 2.75) is 5.75 Å². The summed E-state index contributed by atoms with van der Waals surface area (Å²) < 4.78 is 5.61. The molecule has 0 atom stereocenters. The van der Waals surface area contributed by atoms with E-state index in [9.17, 15) is 14.9 Å². The van der Waals surface area contributed by atoms with Crippen molar-refractivity contribution >= 4 is 41.2 Å². The molecule has 0 bridgehead atoms. The number of nitro benzene ring substituents is 1. The quantitative estimate of drug-likeness (QED) is 0.312. The molecule has 0 saturated carbocycles. The molecule has 0 fully saturated rings. The number of hydrazone groups is 1. The van der Waals surface area contributed by atoms with Gasteiger partial charge in [-0.1, -0.05) is 23.7 Å². The summed E-state index contributed by atoms with van der Waals surface area (Å²) in [4.78, 5) is 22.1. The van der Waals surface area contributed by atoms with E-state index in [4.69, 9.17) is 16.0 Å². The number of hydrogen-bond donors (Lipinski definition) is 1. The van der Waals surface area contributed by atoms with Gasteiger partial charge in [0, 0.05) is 28.5 Å². The molecule has 0 aliphatic heterocycles. The van der Waals surface area contributed by atoms with E-state index in [1.54, 1.807) is 24.3 Å². The number of carbonyl (C=O) groups excluding carboxylic acids is 1. The lowest BCUT2D eigenvalue weighted by molar-refractivity contribution is -0.384. The second-order valence-electron chi connectivity index (χ2n) is 5.92. The number of nitrogens with zero attached hydrogens (tertiary/aromatic N) is 2. The smallest absolute Gasteiger partial charge is 0.269 e. The molecule has 7 nitrogen and oxygen atoms in total. The Labute approximate surface area is 175 Å². The van der Waals surface area contributed by atoms with E-state index in [-0.39, 0.29) is 17.3 Å². The van der Waals surface area contributed by atoms with Gasteiger partial charge in [-0.05, 0) is 42.0 Å². The van der Waals surface area contributed by atoms with Crippen LogP contribution in [-0.4, -0.2) is 22.8 Å². The van der Waals surface area contributed by atoms with E-state index in [0.29, 0.717) is 27.9 Å². The van der Waals surface area contributed by atoms with Crippen molar-refractivity contribution in [2.24, 2.45) is 5.10 Å². The number of nitrogens with one attached hydrogen (secondary N) is 1. The summed E-state index contributed by atoms with van der Waals surface area (Å²) in [5.41, 5.74) is 4.26. The molecule has 1 amide bonds. The van der Waals surface area contributed by atoms with E-state index in [1.165, 1.54) is 30.1 Å². The van der Waals surface area contributed by atoms with Crippen molar-refractivity contribution in [1.29, 1.82) is 0 Å². The van der Waals surface area contributed by atoms with Crippen molar-refractivity contribution in [3.63, 3.8) is 0 Å². The fraction of sp³-hybridized carbons (Fsp3) is 0.100. The van der Waals surface area contributed by atoms with Crippen LogP contribution in [0.1, 0.15) is 11.3 Å². The molecule has 1 aromatic heterocycles. The molecule has 0 aliphatic rings. The highest BCUT2D eigenvalue weighted by molar-refractivity contribution is 7.99. The van der Waals surface area contributed by atoms with Gasteiger partial charge in [-0.25, -0.2) is 5.43 Å². The Morgan fingerprint density at radius 3 is 2.55 bits per heavy atom. The summed E-state index contributed by atoms with van der Waals surface area (Å²) in [6.45, 7) is 0. The first-order valence-electron chi connectivity index (χ1n) is 8.50. The van der Waals surface area contributed by atoms with Gasteiger partial charge in [-0.2, -0.15) is 5.10 Å². The number of amides is 1. The maximum Gasteiger partial charge on any atom is 0.269 e. The molecular weight excluding hydrogens is 414 g/mol. The predicted octanol–water partition coefficient (Wildman–Crippen LogP) is 4.89. The Hall–Kier alpha value is -3.10. The van der Waals surface area contributed by atoms with Crippen LogP contribution < -0.4 is 5.43 Å². The highest BCUT2D eigenvalue weighted by atomic mass is 35.5. The summed E-state index contributed by atoms with van der Waals surface area (Å²) in [5.74, 6) is 1.75. The molecule has 2 aromatic carbocycles. The fourth-order valence-electron chi connectivity index (χ4n) is 2.37. The highest BCUT2D eigenvalue weighted by Crippen LogP contribution is 2.24. The molecule has 0 spiro atoms. The van der Waals surface area contributed by atoms with Gasteiger partial charge >= 0.3 is 0 Å². The number of furan rings is 1. The van der Waals surface area contributed by atoms with E-state index in [1.807, 2.05) is 24.3 Å². The molecule has 3 aromatic rings. The van der Waals surface area contributed by atoms with E-state index < -0.39 is 4.92 Å². The normalized spacial score (nSPS) is 10.9. The van der Waals surface area contributed by atoms with E-state index in [2.05, 4.69) is 10.5 Å². The first-order valence-corrected chi connectivity index (χ1v) is 10.0. The number of nitro groups is 1. The third-order valence-electron chi connectivity index (χ3n) is 3.79. The summed E-state index contributed by atoms with van der Waals surface area (Å²) in [7, 11) is 0. The van der Waals surface area contributed by atoms with Gasteiger partial charge in [0.15, 0.2) is 0 Å². The monoisotopic (exact) mass is 429 g/mol. The zero-order valence-corrected chi connectivity index (χ0v) is 16.7. The van der Waals surface area contributed by atoms with Crippen molar-refractivity contribution in [2.75, 3.05) is 5.75 Å².